The van der Waals surface area contributed by atoms with Crippen LogP contribution in [0.15, 0.2) is 22.5 Å². The fourth-order valence-electron chi connectivity index (χ4n) is 0.161. The number of allylic oxidation sites excluding steroid dienone is 2. The van der Waals surface area contributed by atoms with Crippen molar-refractivity contribution in [1.82, 2.24) is 0 Å². The van der Waals surface area contributed by atoms with Crippen LogP contribution in [-0.2, 0) is 0 Å². The lowest BCUT2D eigenvalue weighted by Crippen LogP contribution is -1.51. The summed E-state index contributed by atoms with van der Waals surface area (Å²) in [6.45, 7) is 3.53. The van der Waals surface area contributed by atoms with Gasteiger partial charge in [0, 0.05) is 3.81 Å². The van der Waals surface area contributed by atoms with Crippen LogP contribution < -0.4 is 0 Å². The van der Waals surface area contributed by atoms with Crippen molar-refractivity contribution >= 4 is 27.7 Å². The Kier molecular flexibility index (Phi) is 4.67. The van der Waals surface area contributed by atoms with Crippen molar-refractivity contribution in [1.29, 1.82) is 0 Å². The zero-order valence-corrected chi connectivity index (χ0v) is 6.55. The molecule has 40 valence electrons. The van der Waals surface area contributed by atoms with Crippen LogP contribution in [0.5, 0.6) is 0 Å². The highest BCUT2D eigenvalue weighted by Crippen LogP contribution is 2.17. The maximum atomic E-state index is 3.53. The van der Waals surface area contributed by atoms with Gasteiger partial charge in [-0.3, -0.25) is 0 Å². The summed E-state index contributed by atoms with van der Waals surface area (Å²) in [5.74, 6) is 0. The van der Waals surface area contributed by atoms with Crippen molar-refractivity contribution in [3.8, 4) is 0 Å². The monoisotopic (exact) mass is 178 g/mol. The summed E-state index contributed by atoms with van der Waals surface area (Å²) in [6.07, 6.45) is 5.66. The number of thioether (sulfide) groups is 1. The molecule has 0 radical (unpaired) electrons. The van der Waals surface area contributed by atoms with Gasteiger partial charge in [0.05, 0.1) is 0 Å². The van der Waals surface area contributed by atoms with Gasteiger partial charge in [0.2, 0.25) is 0 Å². The van der Waals surface area contributed by atoms with Crippen molar-refractivity contribution in [2.75, 3.05) is 6.26 Å². The lowest BCUT2D eigenvalue weighted by Gasteiger charge is -1.83. The molecule has 0 saturated heterocycles. The Balaban J connectivity index is 3.49. The van der Waals surface area contributed by atoms with E-state index in [-0.39, 0.29) is 0 Å². The molecule has 0 atom stereocenters. The minimum Gasteiger partial charge on any atom is -0.122 e. The number of hydrogen-bond acceptors (Lipinski definition) is 1. The zero-order valence-electron chi connectivity index (χ0n) is 4.15. The normalized spacial score (nSPS) is 11.4. The van der Waals surface area contributed by atoms with Crippen molar-refractivity contribution < 1.29 is 0 Å². The molecule has 0 nitrogen and oxygen atoms in total. The first-order chi connectivity index (χ1) is 3.31. The first-order valence-electron chi connectivity index (χ1n) is 1.83. The van der Waals surface area contributed by atoms with E-state index in [0.717, 1.165) is 3.81 Å². The topological polar surface area (TPSA) is 0 Å². The molecule has 0 aliphatic heterocycles. The fourth-order valence-corrected chi connectivity index (χ4v) is 0.580. The summed E-state index contributed by atoms with van der Waals surface area (Å²) in [5, 5.41) is 0. The maximum Gasteiger partial charge on any atom is 0.0499 e. The number of rotatable bonds is 2. The van der Waals surface area contributed by atoms with Gasteiger partial charge in [-0.2, -0.15) is 0 Å². The molecule has 0 aliphatic rings. The van der Waals surface area contributed by atoms with Gasteiger partial charge >= 0.3 is 0 Å². The molecule has 0 spiro atoms. The third kappa shape index (κ3) is 4.16. The molecule has 0 bridgehead atoms. The quantitative estimate of drug-likeness (QED) is 0.587. The number of hydrogen-bond donors (Lipinski definition) is 0. The molecule has 0 aliphatic carbocycles. The summed E-state index contributed by atoms with van der Waals surface area (Å²) in [5.41, 5.74) is 0. The molecule has 0 fully saturated rings. The maximum absolute atomic E-state index is 3.53. The Bertz CT molecular complexity index is 86.1. The zero-order chi connectivity index (χ0) is 5.70. The summed E-state index contributed by atoms with van der Waals surface area (Å²) < 4.78 is 1.11. The fraction of sp³-hybridized carbons (Fsp3) is 0.200. The largest absolute Gasteiger partial charge is 0.122 e. The van der Waals surface area contributed by atoms with Crippen LogP contribution >= 0.6 is 27.7 Å². The third-order valence-electron chi connectivity index (χ3n) is 0.444. The highest BCUT2D eigenvalue weighted by Gasteiger charge is 1.78. The summed E-state index contributed by atoms with van der Waals surface area (Å²) in [6, 6.07) is 0. The lowest BCUT2D eigenvalue weighted by molar-refractivity contribution is 2.09. The van der Waals surface area contributed by atoms with Gasteiger partial charge in [0.1, 0.15) is 0 Å². The van der Waals surface area contributed by atoms with Crippen LogP contribution in [0.2, 0.25) is 0 Å². The molecule has 0 amide bonds. The van der Waals surface area contributed by atoms with Crippen LogP contribution in [0.3, 0.4) is 0 Å². The van der Waals surface area contributed by atoms with Crippen LogP contribution in [0.1, 0.15) is 0 Å². The molecule has 0 unspecified atom stereocenters. The number of halogens is 1. The van der Waals surface area contributed by atoms with Crippen molar-refractivity contribution in [3.63, 3.8) is 0 Å². The first-order valence-corrected chi connectivity index (χ1v) is 3.85. The van der Waals surface area contributed by atoms with E-state index in [2.05, 4.69) is 22.5 Å². The van der Waals surface area contributed by atoms with Gasteiger partial charge in [-0.15, -0.1) is 11.8 Å². The molecule has 2 heteroatoms. The van der Waals surface area contributed by atoms with E-state index >= 15 is 0 Å². The van der Waals surface area contributed by atoms with Gasteiger partial charge in [0.25, 0.3) is 0 Å². The molecule has 0 rings (SSSR count). The molecular weight excluding hydrogens is 172 g/mol. The van der Waals surface area contributed by atoms with E-state index < -0.39 is 0 Å². The molecule has 0 N–H and O–H groups in total. The van der Waals surface area contributed by atoms with E-state index in [1.165, 1.54) is 0 Å². The van der Waals surface area contributed by atoms with E-state index in [0.29, 0.717) is 0 Å². The second-order valence-electron chi connectivity index (χ2n) is 0.911. The van der Waals surface area contributed by atoms with Crippen molar-refractivity contribution in [2.45, 2.75) is 0 Å². The lowest BCUT2D eigenvalue weighted by atomic mass is 10.6. The van der Waals surface area contributed by atoms with Crippen molar-refractivity contribution in [2.24, 2.45) is 0 Å². The van der Waals surface area contributed by atoms with Crippen LogP contribution in [-0.4, -0.2) is 6.26 Å². The van der Waals surface area contributed by atoms with Gasteiger partial charge in [-0.1, -0.05) is 12.7 Å². The van der Waals surface area contributed by atoms with E-state index in [9.17, 15) is 0 Å². The predicted molar refractivity (Wildman–Crippen MR) is 40.7 cm³/mol. The Morgan fingerprint density at radius 2 is 2.43 bits per heavy atom. The van der Waals surface area contributed by atoms with Gasteiger partial charge in [-0.05, 0) is 28.3 Å². The van der Waals surface area contributed by atoms with E-state index in [4.69, 9.17) is 0 Å². The highest BCUT2D eigenvalue weighted by atomic mass is 79.9. The Morgan fingerprint density at radius 1 is 1.86 bits per heavy atom. The van der Waals surface area contributed by atoms with Gasteiger partial charge < -0.3 is 0 Å². The van der Waals surface area contributed by atoms with Crippen LogP contribution in [0, 0.1) is 0 Å². The smallest absolute Gasteiger partial charge is 0.0499 e. The summed E-state index contributed by atoms with van der Waals surface area (Å²) in [7, 11) is 0. The molecular formula is C5H7BrS. The molecule has 7 heavy (non-hydrogen) atoms. The summed E-state index contributed by atoms with van der Waals surface area (Å²) in [4.78, 5) is 0. The Morgan fingerprint density at radius 3 is 2.57 bits per heavy atom. The molecule has 0 heterocycles. The van der Waals surface area contributed by atoms with Gasteiger partial charge in [-0.25, -0.2) is 0 Å². The minimum absolute atomic E-state index is 1.11. The minimum atomic E-state index is 1.11. The van der Waals surface area contributed by atoms with E-state index in [1.54, 1.807) is 17.8 Å². The van der Waals surface area contributed by atoms with Gasteiger partial charge in [0.15, 0.2) is 0 Å². The average Bonchev–Trinajstić information content (AvgIpc) is 1.68. The standard InChI is InChI=1S/C5H7BrS/c1-3-4-5(6)7-2/h3-4H,1H2,2H3. The Labute approximate surface area is 56.8 Å². The summed E-state index contributed by atoms with van der Waals surface area (Å²) >= 11 is 4.95. The molecule has 0 aromatic heterocycles. The highest BCUT2D eigenvalue weighted by molar-refractivity contribution is 9.14. The molecule has 0 saturated carbocycles. The molecule has 0 aromatic carbocycles. The predicted octanol–water partition coefficient (Wildman–Crippen LogP) is 2.77. The average molecular weight is 179 g/mol. The third-order valence-corrected chi connectivity index (χ3v) is 2.21. The molecule has 0 aromatic rings. The Hall–Kier alpha value is 0.310. The van der Waals surface area contributed by atoms with Crippen LogP contribution in [0.25, 0.3) is 0 Å². The SMILES string of the molecule is C=CC=C(Br)SC. The second-order valence-corrected chi connectivity index (χ2v) is 3.14. The first kappa shape index (κ1) is 7.31. The van der Waals surface area contributed by atoms with Crippen molar-refractivity contribution in [3.05, 3.63) is 22.5 Å². The second kappa shape index (κ2) is 4.47. The van der Waals surface area contributed by atoms with E-state index in [1.807, 2.05) is 12.3 Å². The van der Waals surface area contributed by atoms with Crippen LogP contribution in [0.4, 0.5) is 0 Å².